The lowest BCUT2D eigenvalue weighted by Crippen LogP contribution is -1.96. The van der Waals surface area contributed by atoms with Gasteiger partial charge in [0.05, 0.1) is 0 Å². The minimum Gasteiger partial charge on any atom is -0.206 e. The Bertz CT molecular complexity index is 1330. The van der Waals surface area contributed by atoms with Gasteiger partial charge in [0.2, 0.25) is 0 Å². The zero-order valence-electron chi connectivity index (χ0n) is 22.5. The molecule has 0 spiro atoms. The highest BCUT2D eigenvalue weighted by molar-refractivity contribution is 5.85. The quantitative estimate of drug-likeness (QED) is 0.145. The Hall–Kier alpha value is -3.37. The number of rotatable bonds is 11. The molecule has 0 aliphatic heterocycles. The van der Waals surface area contributed by atoms with Crippen molar-refractivity contribution >= 4 is 10.8 Å². The molecule has 0 radical (unpaired) electrons. The fourth-order valence-electron chi connectivity index (χ4n) is 4.80. The molecule has 0 saturated carbocycles. The number of aryl methyl sites for hydroxylation is 4. The van der Waals surface area contributed by atoms with Crippen molar-refractivity contribution in [2.75, 3.05) is 0 Å². The summed E-state index contributed by atoms with van der Waals surface area (Å²) in [5.41, 5.74) is 6.72. The predicted octanol–water partition coefficient (Wildman–Crippen LogP) is 9.63. The van der Waals surface area contributed by atoms with Gasteiger partial charge < -0.3 is 0 Å². The van der Waals surface area contributed by atoms with Crippen molar-refractivity contribution in [1.29, 1.82) is 0 Å². The van der Waals surface area contributed by atoms with Gasteiger partial charge in [0.25, 0.3) is 0 Å². The van der Waals surface area contributed by atoms with E-state index in [0.717, 1.165) is 41.3 Å². The molecule has 0 aliphatic rings. The van der Waals surface area contributed by atoms with Gasteiger partial charge in [0.15, 0.2) is 0 Å². The number of hydrogen-bond acceptors (Lipinski definition) is 0. The summed E-state index contributed by atoms with van der Waals surface area (Å²) in [5, 5.41) is 1.57. The second-order valence-electron chi connectivity index (χ2n) is 10.2. The van der Waals surface area contributed by atoms with Crippen LogP contribution in [0.1, 0.15) is 85.8 Å². The Labute approximate surface area is 223 Å². The molecule has 0 nitrogen and oxygen atoms in total. The average Bonchev–Trinajstić information content (AvgIpc) is 2.94. The minimum absolute atomic E-state index is 0.104. The van der Waals surface area contributed by atoms with Gasteiger partial charge in [-0.15, -0.1) is 0 Å². The number of hydrogen-bond donors (Lipinski definition) is 0. The molecule has 4 aromatic carbocycles. The summed E-state index contributed by atoms with van der Waals surface area (Å²) in [6, 6.07) is 27.2. The molecule has 1 heteroatoms. The Kier molecular flexibility index (Phi) is 9.96. The zero-order valence-corrected chi connectivity index (χ0v) is 22.5. The highest BCUT2D eigenvalue weighted by atomic mass is 19.1. The molecule has 37 heavy (non-hydrogen) atoms. The van der Waals surface area contributed by atoms with Crippen LogP contribution in [-0.4, -0.2) is 0 Å². The first-order chi connectivity index (χ1) is 18.2. The van der Waals surface area contributed by atoms with Gasteiger partial charge in [-0.3, -0.25) is 0 Å². The molecule has 0 aliphatic carbocycles. The van der Waals surface area contributed by atoms with Crippen LogP contribution < -0.4 is 0 Å². The predicted molar refractivity (Wildman–Crippen MR) is 157 cm³/mol. The van der Waals surface area contributed by atoms with E-state index in [1.165, 1.54) is 55.2 Å². The fourth-order valence-corrected chi connectivity index (χ4v) is 4.80. The minimum atomic E-state index is -0.104. The van der Waals surface area contributed by atoms with Crippen LogP contribution in [0.15, 0.2) is 78.9 Å². The van der Waals surface area contributed by atoms with Crippen LogP contribution in [0.5, 0.6) is 0 Å². The highest BCUT2D eigenvalue weighted by Crippen LogP contribution is 2.24. The lowest BCUT2D eigenvalue weighted by molar-refractivity contribution is 0.620. The summed E-state index contributed by atoms with van der Waals surface area (Å²) in [6.07, 6.45) is 11.4. The van der Waals surface area contributed by atoms with Crippen molar-refractivity contribution in [2.45, 2.75) is 78.1 Å². The summed E-state index contributed by atoms with van der Waals surface area (Å²) < 4.78 is 15.3. The number of unbranched alkanes of at least 4 members (excludes halogenated alkanes) is 4. The van der Waals surface area contributed by atoms with Gasteiger partial charge in [0, 0.05) is 16.5 Å². The van der Waals surface area contributed by atoms with Crippen molar-refractivity contribution in [2.24, 2.45) is 0 Å². The number of fused-ring (bicyclic) bond motifs is 1. The molecular formula is C36H39F. The van der Waals surface area contributed by atoms with Crippen molar-refractivity contribution in [3.63, 3.8) is 0 Å². The van der Waals surface area contributed by atoms with Crippen LogP contribution in [0, 0.1) is 17.7 Å². The van der Waals surface area contributed by atoms with Gasteiger partial charge in [-0.2, -0.15) is 0 Å². The third-order valence-corrected chi connectivity index (χ3v) is 7.18. The zero-order chi connectivity index (χ0) is 25.9. The van der Waals surface area contributed by atoms with Gasteiger partial charge in [-0.1, -0.05) is 106 Å². The van der Waals surface area contributed by atoms with E-state index in [-0.39, 0.29) is 5.82 Å². The smallest absolute Gasteiger partial charge is 0.134 e. The van der Waals surface area contributed by atoms with E-state index in [1.807, 2.05) is 30.3 Å². The third kappa shape index (κ3) is 7.80. The van der Waals surface area contributed by atoms with E-state index in [4.69, 9.17) is 0 Å². The monoisotopic (exact) mass is 490 g/mol. The molecule has 0 bridgehead atoms. The van der Waals surface area contributed by atoms with Crippen LogP contribution in [0.25, 0.3) is 10.8 Å². The van der Waals surface area contributed by atoms with Crippen LogP contribution in [0.2, 0.25) is 0 Å². The summed E-state index contributed by atoms with van der Waals surface area (Å²) in [4.78, 5) is 0. The largest absolute Gasteiger partial charge is 0.206 e. The second kappa shape index (κ2) is 13.8. The molecule has 0 amide bonds. The number of benzene rings is 4. The lowest BCUT2D eigenvalue weighted by Gasteiger charge is -2.08. The van der Waals surface area contributed by atoms with E-state index < -0.39 is 0 Å². The number of halogens is 1. The molecular weight excluding hydrogens is 451 g/mol. The SMILES string of the molecule is CCCCCCc1ccc(CCc2ccc3cc(C#Cc4ccc(CCCC)cc4)ccc3c2F)cc1. The van der Waals surface area contributed by atoms with Crippen molar-refractivity contribution in [3.05, 3.63) is 118 Å². The molecule has 190 valence electrons. The van der Waals surface area contributed by atoms with E-state index in [2.05, 4.69) is 74.2 Å². The second-order valence-corrected chi connectivity index (χ2v) is 10.2. The summed E-state index contributed by atoms with van der Waals surface area (Å²) >= 11 is 0. The molecule has 0 unspecified atom stereocenters. The standard InChI is InChI=1S/C36H39F/c1-3-5-7-8-10-29-13-17-31(18-14-29)21-23-33-24-25-34-27-32(22-26-35(34)36(33)37)20-19-30-15-11-28(12-16-30)9-6-4-2/h11-18,22,24-27H,3-10,21,23H2,1-2H3. The average molecular weight is 491 g/mol. The molecule has 0 fully saturated rings. The van der Waals surface area contributed by atoms with Crippen molar-refractivity contribution in [3.8, 4) is 11.8 Å². The Morgan fingerprint density at radius 2 is 1.14 bits per heavy atom. The van der Waals surface area contributed by atoms with E-state index in [1.54, 1.807) is 0 Å². The topological polar surface area (TPSA) is 0 Å². The Balaban J connectivity index is 1.38. The summed E-state index contributed by atoms with van der Waals surface area (Å²) in [5.74, 6) is 6.39. The van der Waals surface area contributed by atoms with Crippen molar-refractivity contribution < 1.29 is 4.39 Å². The molecule has 0 aromatic heterocycles. The Morgan fingerprint density at radius 1 is 0.541 bits per heavy atom. The van der Waals surface area contributed by atoms with Crippen LogP contribution in [0.3, 0.4) is 0 Å². The molecule has 0 heterocycles. The van der Waals surface area contributed by atoms with E-state index in [9.17, 15) is 0 Å². The first-order valence-corrected chi connectivity index (χ1v) is 14.1. The molecule has 4 rings (SSSR count). The molecule has 4 aromatic rings. The van der Waals surface area contributed by atoms with Gasteiger partial charge >= 0.3 is 0 Å². The fraction of sp³-hybridized carbons (Fsp3) is 0.333. The van der Waals surface area contributed by atoms with Gasteiger partial charge in [0.1, 0.15) is 5.82 Å². The summed E-state index contributed by atoms with van der Waals surface area (Å²) in [7, 11) is 0. The first kappa shape index (κ1) is 26.7. The van der Waals surface area contributed by atoms with Crippen molar-refractivity contribution in [1.82, 2.24) is 0 Å². The maximum Gasteiger partial charge on any atom is 0.134 e. The summed E-state index contributed by atoms with van der Waals surface area (Å²) in [6.45, 7) is 4.46. The highest BCUT2D eigenvalue weighted by Gasteiger charge is 2.08. The first-order valence-electron chi connectivity index (χ1n) is 14.1. The normalized spacial score (nSPS) is 10.9. The van der Waals surface area contributed by atoms with Gasteiger partial charge in [-0.05, 0) is 90.4 Å². The maximum absolute atomic E-state index is 15.3. The van der Waals surface area contributed by atoms with E-state index >= 15 is 4.39 Å². The maximum atomic E-state index is 15.3. The molecule has 0 N–H and O–H groups in total. The van der Waals surface area contributed by atoms with Crippen LogP contribution in [-0.2, 0) is 25.7 Å². The third-order valence-electron chi connectivity index (χ3n) is 7.18. The Morgan fingerprint density at radius 3 is 1.84 bits per heavy atom. The molecule has 0 atom stereocenters. The van der Waals surface area contributed by atoms with E-state index in [0.29, 0.717) is 11.8 Å². The van der Waals surface area contributed by atoms with Gasteiger partial charge in [-0.25, -0.2) is 4.39 Å². The lowest BCUT2D eigenvalue weighted by atomic mass is 9.98. The molecule has 0 saturated heterocycles. The van der Waals surface area contributed by atoms with Crippen LogP contribution in [0.4, 0.5) is 4.39 Å². The van der Waals surface area contributed by atoms with Crippen LogP contribution >= 0.6 is 0 Å².